The SMILES string of the molecule is C[Si](C)(C)CCOCn1cc(N)c(OCC2COCC2F)n1. The first-order chi connectivity index (χ1) is 10.3. The Morgan fingerprint density at radius 2 is 2.23 bits per heavy atom. The number of rotatable bonds is 8. The zero-order chi connectivity index (χ0) is 16.2. The van der Waals surface area contributed by atoms with Gasteiger partial charge in [0.1, 0.15) is 18.6 Å². The third-order valence-corrected chi connectivity index (χ3v) is 5.23. The zero-order valence-electron chi connectivity index (χ0n) is 13.5. The highest BCUT2D eigenvalue weighted by atomic mass is 28.3. The smallest absolute Gasteiger partial charge is 0.256 e. The van der Waals surface area contributed by atoms with Gasteiger partial charge >= 0.3 is 0 Å². The van der Waals surface area contributed by atoms with Crippen LogP contribution < -0.4 is 10.5 Å². The van der Waals surface area contributed by atoms with Crippen molar-refractivity contribution in [1.82, 2.24) is 9.78 Å². The average molecular weight is 331 g/mol. The summed E-state index contributed by atoms with van der Waals surface area (Å²) in [6.07, 6.45) is 0.690. The highest BCUT2D eigenvalue weighted by molar-refractivity contribution is 6.76. The molecule has 22 heavy (non-hydrogen) atoms. The Kier molecular flexibility index (Phi) is 5.82. The van der Waals surface area contributed by atoms with Gasteiger partial charge in [-0.3, -0.25) is 0 Å². The summed E-state index contributed by atoms with van der Waals surface area (Å²) in [6.45, 7) is 8.71. The van der Waals surface area contributed by atoms with Crippen LogP contribution in [0.2, 0.25) is 25.7 Å². The van der Waals surface area contributed by atoms with Gasteiger partial charge in [-0.1, -0.05) is 19.6 Å². The topological polar surface area (TPSA) is 71.5 Å². The minimum atomic E-state index is -1.09. The lowest BCUT2D eigenvalue weighted by Crippen LogP contribution is -2.22. The Balaban J connectivity index is 1.75. The molecule has 2 unspecified atom stereocenters. The Bertz CT molecular complexity index is 478. The molecule has 1 aromatic heterocycles. The normalized spacial score (nSPS) is 22.2. The van der Waals surface area contributed by atoms with Gasteiger partial charge in [-0.05, 0) is 6.04 Å². The van der Waals surface area contributed by atoms with Gasteiger partial charge in [0, 0.05) is 14.7 Å². The van der Waals surface area contributed by atoms with Gasteiger partial charge in [-0.2, -0.15) is 0 Å². The second kappa shape index (κ2) is 7.43. The van der Waals surface area contributed by atoms with E-state index in [1.165, 1.54) is 0 Å². The van der Waals surface area contributed by atoms with Crippen LogP contribution in [0.1, 0.15) is 0 Å². The summed E-state index contributed by atoms with van der Waals surface area (Å²) in [5.41, 5.74) is 6.29. The van der Waals surface area contributed by atoms with E-state index in [1.807, 2.05) is 0 Å². The number of nitrogen functional groups attached to an aromatic ring is 1. The maximum absolute atomic E-state index is 13.4. The summed E-state index contributed by atoms with van der Waals surface area (Å²) in [7, 11) is -1.09. The minimum Gasteiger partial charge on any atom is -0.475 e. The number of hydrogen-bond donors (Lipinski definition) is 1. The molecule has 2 rings (SSSR count). The van der Waals surface area contributed by atoms with Crippen molar-refractivity contribution in [2.75, 3.05) is 32.2 Å². The number of hydrogen-bond acceptors (Lipinski definition) is 5. The van der Waals surface area contributed by atoms with E-state index >= 15 is 0 Å². The van der Waals surface area contributed by atoms with Gasteiger partial charge in [0.15, 0.2) is 0 Å². The summed E-state index contributed by atoms with van der Waals surface area (Å²) in [4.78, 5) is 0. The van der Waals surface area contributed by atoms with Crippen molar-refractivity contribution >= 4 is 13.8 Å². The molecule has 0 bridgehead atoms. The molecule has 1 aliphatic heterocycles. The summed E-state index contributed by atoms with van der Waals surface area (Å²) in [5.74, 6) is 0.0745. The van der Waals surface area contributed by atoms with Crippen LogP contribution in [0.4, 0.5) is 10.1 Å². The predicted octanol–water partition coefficient (Wildman–Crippen LogP) is 2.14. The van der Waals surface area contributed by atoms with E-state index in [0.29, 0.717) is 31.5 Å². The monoisotopic (exact) mass is 331 g/mol. The summed E-state index contributed by atoms with van der Waals surface area (Å²) in [5, 5.41) is 4.22. The fourth-order valence-electron chi connectivity index (χ4n) is 2.04. The molecule has 126 valence electrons. The van der Waals surface area contributed by atoms with E-state index in [2.05, 4.69) is 24.7 Å². The Morgan fingerprint density at radius 1 is 1.45 bits per heavy atom. The molecule has 0 aromatic carbocycles. The van der Waals surface area contributed by atoms with Crippen molar-refractivity contribution in [2.24, 2.45) is 5.92 Å². The molecule has 0 spiro atoms. The number of aromatic nitrogens is 2. The van der Waals surface area contributed by atoms with Crippen LogP contribution in [0.3, 0.4) is 0 Å². The lowest BCUT2D eigenvalue weighted by atomic mass is 10.1. The van der Waals surface area contributed by atoms with E-state index in [0.717, 1.165) is 6.04 Å². The van der Waals surface area contributed by atoms with Crippen LogP contribution in [0, 0.1) is 5.92 Å². The largest absolute Gasteiger partial charge is 0.475 e. The van der Waals surface area contributed by atoms with Gasteiger partial charge in [-0.15, -0.1) is 5.10 Å². The molecule has 0 aliphatic carbocycles. The van der Waals surface area contributed by atoms with Crippen molar-refractivity contribution in [3.63, 3.8) is 0 Å². The highest BCUT2D eigenvalue weighted by Gasteiger charge is 2.29. The Hall–Kier alpha value is -1.12. The molecule has 1 saturated heterocycles. The van der Waals surface area contributed by atoms with Crippen LogP contribution >= 0.6 is 0 Å². The van der Waals surface area contributed by atoms with E-state index in [-0.39, 0.29) is 19.1 Å². The third-order valence-electron chi connectivity index (χ3n) is 3.53. The molecule has 0 saturated carbocycles. The van der Waals surface area contributed by atoms with Crippen molar-refractivity contribution in [3.05, 3.63) is 6.20 Å². The van der Waals surface area contributed by atoms with Crippen LogP contribution in [-0.2, 0) is 16.2 Å². The molecule has 2 heterocycles. The predicted molar refractivity (Wildman–Crippen MR) is 85.4 cm³/mol. The maximum atomic E-state index is 13.4. The quantitative estimate of drug-likeness (QED) is 0.584. The first-order valence-electron chi connectivity index (χ1n) is 7.60. The number of alkyl halides is 1. The first kappa shape index (κ1) is 17.2. The fraction of sp³-hybridized carbons (Fsp3) is 0.786. The van der Waals surface area contributed by atoms with Crippen LogP contribution in [0.15, 0.2) is 6.20 Å². The lowest BCUT2D eigenvalue weighted by Gasteiger charge is -2.15. The number of nitrogens with zero attached hydrogens (tertiary/aromatic N) is 2. The molecule has 2 atom stereocenters. The van der Waals surface area contributed by atoms with Crippen molar-refractivity contribution in [3.8, 4) is 5.88 Å². The van der Waals surface area contributed by atoms with Gasteiger partial charge in [0.05, 0.1) is 31.9 Å². The van der Waals surface area contributed by atoms with Gasteiger partial charge in [0.25, 0.3) is 5.88 Å². The molecule has 1 aliphatic rings. The molecule has 0 radical (unpaired) electrons. The number of nitrogens with two attached hydrogens (primary N) is 1. The van der Waals surface area contributed by atoms with Crippen LogP contribution in [-0.4, -0.2) is 50.5 Å². The summed E-state index contributed by atoms with van der Waals surface area (Å²) >= 11 is 0. The molecular formula is C14H26FN3O3Si. The van der Waals surface area contributed by atoms with Gasteiger partial charge < -0.3 is 19.9 Å². The summed E-state index contributed by atoms with van der Waals surface area (Å²) in [6, 6.07) is 1.10. The molecule has 6 nitrogen and oxygen atoms in total. The second-order valence-corrected chi connectivity index (χ2v) is 12.5. The van der Waals surface area contributed by atoms with Crippen molar-refractivity contribution < 1.29 is 18.6 Å². The zero-order valence-corrected chi connectivity index (χ0v) is 14.5. The number of halogens is 1. The molecule has 2 N–H and O–H groups in total. The second-order valence-electron chi connectivity index (χ2n) is 6.90. The van der Waals surface area contributed by atoms with E-state index < -0.39 is 14.2 Å². The maximum Gasteiger partial charge on any atom is 0.256 e. The van der Waals surface area contributed by atoms with Crippen LogP contribution in [0.25, 0.3) is 0 Å². The molecule has 1 fully saturated rings. The Morgan fingerprint density at radius 3 is 2.86 bits per heavy atom. The minimum absolute atomic E-state index is 0.142. The molecule has 0 amide bonds. The lowest BCUT2D eigenvalue weighted by molar-refractivity contribution is 0.0769. The number of ether oxygens (including phenoxy) is 3. The first-order valence-corrected chi connectivity index (χ1v) is 11.3. The van der Waals surface area contributed by atoms with Gasteiger partial charge in [0.2, 0.25) is 0 Å². The van der Waals surface area contributed by atoms with Crippen molar-refractivity contribution in [1.29, 1.82) is 0 Å². The van der Waals surface area contributed by atoms with Crippen molar-refractivity contribution in [2.45, 2.75) is 38.6 Å². The molecular weight excluding hydrogens is 305 g/mol. The Labute approximate surface area is 131 Å². The highest BCUT2D eigenvalue weighted by Crippen LogP contribution is 2.22. The summed E-state index contributed by atoms with van der Waals surface area (Å²) < 4.78 is 31.2. The van der Waals surface area contributed by atoms with E-state index in [9.17, 15) is 4.39 Å². The van der Waals surface area contributed by atoms with Gasteiger partial charge in [-0.25, -0.2) is 9.07 Å². The molecule has 8 heteroatoms. The van der Waals surface area contributed by atoms with E-state index in [4.69, 9.17) is 19.9 Å². The van der Waals surface area contributed by atoms with E-state index in [1.54, 1.807) is 10.9 Å². The standard InChI is InChI=1S/C14H26FN3O3Si/c1-22(2,3)5-4-19-10-18-6-13(16)14(17-18)21-8-11-7-20-9-12(11)15/h6,11-12H,4-5,7-10,16H2,1-3H3. The third kappa shape index (κ3) is 5.26. The van der Waals surface area contributed by atoms with Crippen LogP contribution in [0.5, 0.6) is 5.88 Å². The average Bonchev–Trinajstić information content (AvgIpc) is 2.98. The molecule has 1 aromatic rings. The fourth-order valence-corrected chi connectivity index (χ4v) is 2.80. The number of anilines is 1.